The van der Waals surface area contributed by atoms with Crippen molar-refractivity contribution in [3.05, 3.63) is 82.9 Å². The molecule has 0 aliphatic carbocycles. The Hall–Kier alpha value is -4.27. The Morgan fingerprint density at radius 3 is 2.50 bits per heavy atom. The van der Waals surface area contributed by atoms with E-state index in [-0.39, 0.29) is 43.2 Å². The number of carbonyl (C=O) groups excluding carboxylic acids is 2. The fraction of sp³-hybridized carbons (Fsp3) is 0.355. The third kappa shape index (κ3) is 7.02. The van der Waals surface area contributed by atoms with E-state index in [1.54, 1.807) is 23.6 Å². The molecule has 0 radical (unpaired) electrons. The zero-order valence-electron chi connectivity index (χ0n) is 23.5. The van der Waals surface area contributed by atoms with E-state index in [0.717, 1.165) is 22.5 Å². The normalized spacial score (nSPS) is 12.0. The number of nitrogens with one attached hydrogen (secondary N) is 1. The molecule has 4 rings (SSSR count). The van der Waals surface area contributed by atoms with Gasteiger partial charge >= 0.3 is 5.97 Å². The number of hydrogen-bond donors (Lipinski definition) is 1. The van der Waals surface area contributed by atoms with Crippen LogP contribution in [0.4, 0.5) is 4.39 Å². The molecule has 0 saturated heterocycles. The summed E-state index contributed by atoms with van der Waals surface area (Å²) >= 11 is 0. The molecular weight excluding hydrogens is 511 g/mol. The van der Waals surface area contributed by atoms with Crippen LogP contribution in [0.25, 0.3) is 16.9 Å². The van der Waals surface area contributed by atoms with Crippen LogP contribution in [0.15, 0.2) is 54.6 Å². The number of rotatable bonds is 11. The third-order valence-electron chi connectivity index (χ3n) is 6.55. The summed E-state index contributed by atoms with van der Waals surface area (Å²) in [6, 6.07) is 14.9. The number of carbonyl (C=O) groups is 2. The molecule has 2 aromatic carbocycles. The average Bonchev–Trinajstić information content (AvgIpc) is 3.33. The molecule has 1 amide bonds. The lowest BCUT2D eigenvalue weighted by molar-refractivity contribution is -0.143. The molecule has 2 aromatic heterocycles. The Bertz CT molecular complexity index is 1500. The Morgan fingerprint density at radius 1 is 1.07 bits per heavy atom. The summed E-state index contributed by atoms with van der Waals surface area (Å²) in [5.74, 6) is -0.197. The van der Waals surface area contributed by atoms with E-state index in [9.17, 15) is 14.0 Å². The van der Waals surface area contributed by atoms with E-state index in [0.29, 0.717) is 29.1 Å². The van der Waals surface area contributed by atoms with Gasteiger partial charge in [-0.25, -0.2) is 13.9 Å². The largest absolute Gasteiger partial charge is 0.491 e. The molecule has 4 aromatic rings. The Morgan fingerprint density at radius 2 is 1.82 bits per heavy atom. The first kappa shape index (κ1) is 28.7. The van der Waals surface area contributed by atoms with Gasteiger partial charge in [-0.15, -0.1) is 0 Å². The van der Waals surface area contributed by atoms with Crippen molar-refractivity contribution in [1.29, 1.82) is 0 Å². The van der Waals surface area contributed by atoms with Gasteiger partial charge in [0.15, 0.2) is 5.65 Å². The van der Waals surface area contributed by atoms with Gasteiger partial charge < -0.3 is 14.8 Å². The van der Waals surface area contributed by atoms with Gasteiger partial charge in [0.2, 0.25) is 5.91 Å². The zero-order chi connectivity index (χ0) is 28.8. The first-order valence-electron chi connectivity index (χ1n) is 13.5. The molecule has 1 N–H and O–H groups in total. The smallest absolute Gasteiger partial charge is 0.308 e. The van der Waals surface area contributed by atoms with Crippen molar-refractivity contribution in [2.24, 2.45) is 0 Å². The molecule has 8 nitrogen and oxygen atoms in total. The van der Waals surface area contributed by atoms with Crippen molar-refractivity contribution in [3.8, 4) is 17.0 Å². The number of amides is 1. The summed E-state index contributed by atoms with van der Waals surface area (Å²) < 4.78 is 26.3. The van der Waals surface area contributed by atoms with Crippen molar-refractivity contribution in [3.63, 3.8) is 0 Å². The predicted molar refractivity (Wildman–Crippen MR) is 151 cm³/mol. The van der Waals surface area contributed by atoms with Crippen LogP contribution in [-0.2, 0) is 20.7 Å². The molecule has 9 heteroatoms. The van der Waals surface area contributed by atoms with E-state index < -0.39 is 6.04 Å². The summed E-state index contributed by atoms with van der Waals surface area (Å²) in [7, 11) is 0. The number of nitrogens with zero attached hydrogens (tertiary/aromatic N) is 3. The summed E-state index contributed by atoms with van der Waals surface area (Å²) in [6.45, 7) is 9.75. The van der Waals surface area contributed by atoms with Crippen LogP contribution < -0.4 is 10.1 Å². The van der Waals surface area contributed by atoms with E-state index >= 15 is 0 Å². The van der Waals surface area contributed by atoms with Crippen LogP contribution in [0.3, 0.4) is 0 Å². The van der Waals surface area contributed by atoms with Crippen LogP contribution in [0.5, 0.6) is 5.75 Å². The molecule has 0 spiro atoms. The highest BCUT2D eigenvalue weighted by molar-refractivity contribution is 5.78. The second-order valence-electron chi connectivity index (χ2n) is 9.94. The van der Waals surface area contributed by atoms with Crippen LogP contribution in [0.1, 0.15) is 62.2 Å². The minimum Gasteiger partial charge on any atom is -0.491 e. The second-order valence-corrected chi connectivity index (χ2v) is 9.94. The van der Waals surface area contributed by atoms with Crippen molar-refractivity contribution in [1.82, 2.24) is 19.9 Å². The quantitative estimate of drug-likeness (QED) is 0.243. The highest BCUT2D eigenvalue weighted by Gasteiger charge is 2.21. The van der Waals surface area contributed by atoms with E-state index in [1.165, 1.54) is 12.1 Å². The molecule has 0 bridgehead atoms. The molecule has 0 unspecified atom stereocenters. The maximum Gasteiger partial charge on any atom is 0.308 e. The van der Waals surface area contributed by atoms with Crippen LogP contribution in [0.2, 0.25) is 0 Å². The lowest BCUT2D eigenvalue weighted by atomic mass is 10.0. The molecule has 0 aliphatic rings. The molecule has 210 valence electrons. The third-order valence-corrected chi connectivity index (χ3v) is 6.55. The maximum absolute atomic E-state index is 13.7. The van der Waals surface area contributed by atoms with Crippen molar-refractivity contribution in [2.75, 3.05) is 6.61 Å². The van der Waals surface area contributed by atoms with Gasteiger partial charge in [0.25, 0.3) is 0 Å². The van der Waals surface area contributed by atoms with Crippen molar-refractivity contribution < 1.29 is 23.5 Å². The van der Waals surface area contributed by atoms with Crippen LogP contribution in [0, 0.1) is 19.7 Å². The summed E-state index contributed by atoms with van der Waals surface area (Å²) in [5, 5.41) is 7.64. The molecule has 0 saturated carbocycles. The average molecular weight is 547 g/mol. The van der Waals surface area contributed by atoms with Gasteiger partial charge in [-0.05, 0) is 76.4 Å². The van der Waals surface area contributed by atoms with Gasteiger partial charge in [-0.1, -0.05) is 24.3 Å². The number of esters is 1. The number of hydrogen-bond acceptors (Lipinski definition) is 6. The number of aromatic nitrogens is 3. The van der Waals surface area contributed by atoms with E-state index in [1.807, 2.05) is 58.0 Å². The highest BCUT2D eigenvalue weighted by Crippen LogP contribution is 2.25. The summed E-state index contributed by atoms with van der Waals surface area (Å²) in [6.07, 6.45) is 0.692. The predicted octanol–water partition coefficient (Wildman–Crippen LogP) is 5.68. The Kier molecular flexibility index (Phi) is 9.14. The van der Waals surface area contributed by atoms with Crippen LogP contribution in [-0.4, -0.2) is 39.2 Å². The van der Waals surface area contributed by atoms with Crippen molar-refractivity contribution >= 4 is 17.5 Å². The minimum absolute atomic E-state index is 0.0195. The first-order chi connectivity index (χ1) is 19.1. The molecule has 2 heterocycles. The van der Waals surface area contributed by atoms with Crippen molar-refractivity contribution in [2.45, 2.75) is 66.0 Å². The fourth-order valence-corrected chi connectivity index (χ4v) is 4.67. The van der Waals surface area contributed by atoms with Gasteiger partial charge in [0.05, 0.1) is 30.9 Å². The number of fused-ring (bicyclic) bond motifs is 1. The molecule has 0 fully saturated rings. The highest BCUT2D eigenvalue weighted by atomic mass is 19.1. The molecule has 1 atom stereocenters. The number of benzene rings is 2. The standard InChI is InChI=1S/C31H35FN4O4/c1-6-39-31(38)18-27(22-10-12-25(13-11-22)40-19(2)3)34-30(37)15-14-26-20(4)33-29-17-28(35-36(29)21(26)5)23-8-7-9-24(32)16-23/h7-13,16-17,19,27H,6,14-15,18H2,1-5H3,(H,34,37)/t27-/m1/s1. The monoisotopic (exact) mass is 546 g/mol. The number of halogens is 1. The number of ether oxygens (including phenoxy) is 2. The SMILES string of the molecule is CCOC(=O)C[C@@H](NC(=O)CCc1c(C)nc2cc(-c3cccc(F)c3)nn2c1C)c1ccc(OC(C)C)cc1. The van der Waals surface area contributed by atoms with Crippen LogP contribution >= 0.6 is 0 Å². The van der Waals surface area contributed by atoms with Gasteiger partial charge in [0.1, 0.15) is 11.6 Å². The lowest BCUT2D eigenvalue weighted by Crippen LogP contribution is -2.31. The first-order valence-corrected chi connectivity index (χ1v) is 13.5. The van der Waals surface area contributed by atoms with Gasteiger partial charge in [-0.2, -0.15) is 5.10 Å². The summed E-state index contributed by atoms with van der Waals surface area (Å²) in [4.78, 5) is 30.1. The Balaban J connectivity index is 1.49. The maximum atomic E-state index is 13.7. The molecular formula is C31H35FN4O4. The summed E-state index contributed by atoms with van der Waals surface area (Å²) in [5.41, 5.74) is 5.30. The second kappa shape index (κ2) is 12.7. The molecule has 40 heavy (non-hydrogen) atoms. The Labute approximate surface area is 233 Å². The topological polar surface area (TPSA) is 94.8 Å². The molecule has 0 aliphatic heterocycles. The van der Waals surface area contributed by atoms with Gasteiger partial charge in [-0.3, -0.25) is 9.59 Å². The lowest BCUT2D eigenvalue weighted by Gasteiger charge is -2.20. The van der Waals surface area contributed by atoms with E-state index in [2.05, 4.69) is 15.4 Å². The number of aryl methyl sites for hydroxylation is 2. The fourth-order valence-electron chi connectivity index (χ4n) is 4.67. The minimum atomic E-state index is -0.539. The van der Waals surface area contributed by atoms with E-state index in [4.69, 9.17) is 9.47 Å². The zero-order valence-corrected chi connectivity index (χ0v) is 23.5. The van der Waals surface area contributed by atoms with Gasteiger partial charge in [0, 0.05) is 29.4 Å².